The maximum atomic E-state index is 12.7. The third kappa shape index (κ3) is 6.56. The van der Waals surface area contributed by atoms with Crippen LogP contribution in [-0.2, 0) is 16.4 Å². The summed E-state index contributed by atoms with van der Waals surface area (Å²) < 4.78 is 27.7. The van der Waals surface area contributed by atoms with E-state index in [-0.39, 0.29) is 22.4 Å². The molecule has 4 N–H and O–H groups in total. The van der Waals surface area contributed by atoms with E-state index in [1.165, 1.54) is 29.8 Å². The highest BCUT2D eigenvalue weighted by atomic mass is 32.2. The summed E-state index contributed by atoms with van der Waals surface area (Å²) in [5.41, 5.74) is 2.75. The lowest BCUT2D eigenvalue weighted by atomic mass is 10.0. The monoisotopic (exact) mass is 454 g/mol. The molecular formula is C25H30N2O4S. The number of aliphatic hydroxyl groups is 1. The molecule has 0 spiro atoms. The number of aliphatic hydroxyl groups excluding tert-OH is 1. The maximum Gasteiger partial charge on any atom is 0.262 e. The Labute approximate surface area is 190 Å². The molecule has 2 atom stereocenters. The van der Waals surface area contributed by atoms with Crippen LogP contribution in [0.2, 0.25) is 0 Å². The first kappa shape index (κ1) is 23.8. The molecule has 3 aromatic carbocycles. The summed E-state index contributed by atoms with van der Waals surface area (Å²) in [6.07, 6.45) is 1.01. The number of sulfonamides is 1. The summed E-state index contributed by atoms with van der Waals surface area (Å²) in [7, 11) is -3.86. The Morgan fingerprint density at radius 1 is 0.969 bits per heavy atom. The number of anilines is 1. The molecule has 0 bridgehead atoms. The van der Waals surface area contributed by atoms with Crippen molar-refractivity contribution in [1.82, 2.24) is 5.32 Å². The van der Waals surface area contributed by atoms with Gasteiger partial charge in [0.1, 0.15) is 5.75 Å². The molecule has 0 heterocycles. The lowest BCUT2D eigenvalue weighted by Crippen LogP contribution is -2.30. The lowest BCUT2D eigenvalue weighted by Gasteiger charge is -2.18. The average Bonchev–Trinajstić information content (AvgIpc) is 2.78. The first-order chi connectivity index (χ1) is 15.2. The number of nitrogens with one attached hydrogen (secondary N) is 2. The van der Waals surface area contributed by atoms with Gasteiger partial charge in [0.25, 0.3) is 10.0 Å². The fraction of sp³-hybridized carbons (Fsp3) is 0.280. The van der Waals surface area contributed by atoms with Crippen LogP contribution in [0.4, 0.5) is 5.69 Å². The molecule has 6 nitrogen and oxygen atoms in total. The smallest absolute Gasteiger partial charge is 0.262 e. The second-order valence-electron chi connectivity index (χ2n) is 8.04. The molecule has 32 heavy (non-hydrogen) atoms. The van der Waals surface area contributed by atoms with Crippen molar-refractivity contribution in [3.63, 3.8) is 0 Å². The topological polar surface area (TPSA) is 98.7 Å². The van der Waals surface area contributed by atoms with Gasteiger partial charge in [-0.15, -0.1) is 0 Å². The van der Waals surface area contributed by atoms with Crippen molar-refractivity contribution in [2.75, 3.05) is 11.3 Å². The summed E-state index contributed by atoms with van der Waals surface area (Å²) in [5, 5.41) is 24.1. The van der Waals surface area contributed by atoms with Gasteiger partial charge in [0, 0.05) is 12.6 Å². The Balaban J connectivity index is 1.61. The molecule has 3 aromatic rings. The summed E-state index contributed by atoms with van der Waals surface area (Å²) in [6.45, 7) is 4.25. The van der Waals surface area contributed by atoms with Crippen molar-refractivity contribution < 1.29 is 18.6 Å². The number of aromatic hydroxyl groups is 1. The van der Waals surface area contributed by atoms with E-state index < -0.39 is 16.1 Å². The molecule has 170 valence electrons. The second-order valence-corrected chi connectivity index (χ2v) is 9.73. The molecule has 0 radical (unpaired) electrons. The van der Waals surface area contributed by atoms with E-state index in [2.05, 4.69) is 29.1 Å². The minimum atomic E-state index is -3.86. The number of aryl methyl sites for hydroxylation is 2. The van der Waals surface area contributed by atoms with Crippen LogP contribution >= 0.6 is 0 Å². The minimum Gasteiger partial charge on any atom is -0.506 e. The van der Waals surface area contributed by atoms with Crippen molar-refractivity contribution >= 4 is 15.7 Å². The van der Waals surface area contributed by atoms with Crippen LogP contribution < -0.4 is 10.0 Å². The molecule has 0 amide bonds. The zero-order valence-electron chi connectivity index (χ0n) is 18.3. The van der Waals surface area contributed by atoms with Crippen LogP contribution in [0, 0.1) is 6.92 Å². The fourth-order valence-corrected chi connectivity index (χ4v) is 4.39. The van der Waals surface area contributed by atoms with Gasteiger partial charge in [-0.3, -0.25) is 4.72 Å². The number of hydrogen-bond donors (Lipinski definition) is 4. The van der Waals surface area contributed by atoms with Gasteiger partial charge in [-0.25, -0.2) is 8.42 Å². The highest BCUT2D eigenvalue weighted by Crippen LogP contribution is 2.29. The van der Waals surface area contributed by atoms with Gasteiger partial charge in [0.15, 0.2) is 0 Å². The summed E-state index contributed by atoms with van der Waals surface area (Å²) in [4.78, 5) is 0.0994. The van der Waals surface area contributed by atoms with Crippen LogP contribution in [0.3, 0.4) is 0 Å². The normalized spacial score (nSPS) is 13.5. The van der Waals surface area contributed by atoms with Gasteiger partial charge in [0.2, 0.25) is 0 Å². The van der Waals surface area contributed by atoms with Crippen molar-refractivity contribution in [1.29, 1.82) is 0 Å². The van der Waals surface area contributed by atoms with E-state index in [4.69, 9.17) is 0 Å². The Bertz CT molecular complexity index is 1120. The van der Waals surface area contributed by atoms with E-state index in [1.807, 2.05) is 25.1 Å². The molecule has 0 saturated heterocycles. The molecule has 0 saturated carbocycles. The number of benzene rings is 3. The standard InChI is InChI=1S/C25H30N2O4S/c1-18-8-13-22(14-9-18)32(30,31)27-23-16-21(12-15-24(23)28)25(29)17-26-19(2)10-11-20-6-4-3-5-7-20/h3-9,12-16,19,25-29H,10-11,17H2,1-2H3. The lowest BCUT2D eigenvalue weighted by molar-refractivity contribution is 0.170. The first-order valence-corrected chi connectivity index (χ1v) is 12.1. The number of rotatable bonds is 10. The maximum absolute atomic E-state index is 12.7. The van der Waals surface area contributed by atoms with E-state index in [0.717, 1.165) is 18.4 Å². The van der Waals surface area contributed by atoms with Crippen molar-refractivity contribution in [3.8, 4) is 5.75 Å². The zero-order valence-corrected chi connectivity index (χ0v) is 19.1. The summed E-state index contributed by atoms with van der Waals surface area (Å²) in [6, 6.07) is 21.3. The minimum absolute atomic E-state index is 0.0271. The Hall–Kier alpha value is -2.87. The summed E-state index contributed by atoms with van der Waals surface area (Å²) >= 11 is 0. The third-order valence-electron chi connectivity index (χ3n) is 5.35. The molecule has 3 rings (SSSR count). The van der Waals surface area contributed by atoms with Crippen LogP contribution in [0.25, 0.3) is 0 Å². The largest absolute Gasteiger partial charge is 0.506 e. The van der Waals surface area contributed by atoms with Crippen molar-refractivity contribution in [2.45, 2.75) is 43.7 Å². The number of phenolic OH excluding ortho intramolecular Hbond substituents is 1. The molecular weight excluding hydrogens is 424 g/mol. The molecule has 7 heteroatoms. The molecule has 0 aliphatic heterocycles. The van der Waals surface area contributed by atoms with Crippen LogP contribution in [-0.4, -0.2) is 31.2 Å². The SMILES string of the molecule is Cc1ccc(S(=O)(=O)Nc2cc(C(O)CNC(C)CCc3ccccc3)ccc2O)cc1. The highest BCUT2D eigenvalue weighted by Gasteiger charge is 2.18. The Morgan fingerprint density at radius 2 is 1.66 bits per heavy atom. The van der Waals surface area contributed by atoms with Gasteiger partial charge in [0.05, 0.1) is 16.7 Å². The second kappa shape index (κ2) is 10.6. The molecule has 0 aromatic heterocycles. The number of hydrogen-bond acceptors (Lipinski definition) is 5. The van der Waals surface area contributed by atoms with Gasteiger partial charge in [-0.05, 0) is 62.1 Å². The summed E-state index contributed by atoms with van der Waals surface area (Å²) in [5.74, 6) is -0.208. The Kier molecular flexibility index (Phi) is 7.90. The number of phenols is 1. The van der Waals surface area contributed by atoms with Gasteiger partial charge < -0.3 is 15.5 Å². The Morgan fingerprint density at radius 3 is 2.34 bits per heavy atom. The van der Waals surface area contributed by atoms with Crippen LogP contribution in [0.15, 0.2) is 77.7 Å². The predicted molar refractivity (Wildman–Crippen MR) is 127 cm³/mol. The van der Waals surface area contributed by atoms with Crippen molar-refractivity contribution in [3.05, 3.63) is 89.5 Å². The zero-order chi connectivity index (χ0) is 23.1. The highest BCUT2D eigenvalue weighted by molar-refractivity contribution is 7.92. The van der Waals surface area contributed by atoms with Gasteiger partial charge in [-0.2, -0.15) is 0 Å². The van der Waals surface area contributed by atoms with E-state index in [0.29, 0.717) is 12.1 Å². The van der Waals surface area contributed by atoms with E-state index in [1.54, 1.807) is 18.2 Å². The van der Waals surface area contributed by atoms with Crippen molar-refractivity contribution in [2.24, 2.45) is 0 Å². The fourth-order valence-electron chi connectivity index (χ4n) is 3.32. The molecule has 0 fully saturated rings. The van der Waals surface area contributed by atoms with Crippen LogP contribution in [0.5, 0.6) is 5.75 Å². The van der Waals surface area contributed by atoms with Crippen LogP contribution in [0.1, 0.15) is 36.1 Å². The average molecular weight is 455 g/mol. The van der Waals surface area contributed by atoms with Gasteiger partial charge >= 0.3 is 0 Å². The van der Waals surface area contributed by atoms with E-state index in [9.17, 15) is 18.6 Å². The third-order valence-corrected chi connectivity index (χ3v) is 6.73. The molecule has 0 aliphatic rings. The molecule has 2 unspecified atom stereocenters. The quantitative estimate of drug-likeness (QED) is 0.345. The van der Waals surface area contributed by atoms with E-state index >= 15 is 0 Å². The predicted octanol–water partition coefficient (Wildman–Crippen LogP) is 4.15. The van der Waals surface area contributed by atoms with Gasteiger partial charge in [-0.1, -0.05) is 54.1 Å². The molecule has 0 aliphatic carbocycles. The first-order valence-electron chi connectivity index (χ1n) is 10.6.